The van der Waals surface area contributed by atoms with E-state index in [-0.39, 0.29) is 48.3 Å². The standard InChI is InChI=1S/C23H29F3N6O2/c1-23(2,31-12-28-11-30-31)22(34)29-10-21(33)32-15-3-4-16(32)6-14(5-15)20(27)8-13-7-18(25)19(26)9-17(13)24/h7,9,11-12,14-16,20H,3-6,8,10,27H2,1-2H3,(H,29,34)/t15-,16-,20-/m1/s1. The third kappa shape index (κ3) is 4.66. The molecule has 3 N–H and O–H groups in total. The Morgan fingerprint density at radius 2 is 1.79 bits per heavy atom. The molecule has 11 heteroatoms. The first-order valence-corrected chi connectivity index (χ1v) is 11.4. The summed E-state index contributed by atoms with van der Waals surface area (Å²) in [6, 6.07) is 0.930. The number of hydrogen-bond acceptors (Lipinski definition) is 5. The van der Waals surface area contributed by atoms with Crippen molar-refractivity contribution in [2.45, 2.75) is 69.6 Å². The number of piperidine rings is 1. The number of hydrogen-bond donors (Lipinski definition) is 2. The number of carbonyl (C=O) groups is 2. The fraction of sp³-hybridized carbons (Fsp3) is 0.565. The smallest absolute Gasteiger partial charge is 0.247 e. The summed E-state index contributed by atoms with van der Waals surface area (Å²) in [7, 11) is 0. The lowest BCUT2D eigenvalue weighted by atomic mass is 9.82. The van der Waals surface area contributed by atoms with E-state index in [9.17, 15) is 22.8 Å². The highest BCUT2D eigenvalue weighted by atomic mass is 19.2. The van der Waals surface area contributed by atoms with Crippen LogP contribution in [0, 0.1) is 23.4 Å². The molecule has 3 atom stereocenters. The molecular weight excluding hydrogens is 449 g/mol. The van der Waals surface area contributed by atoms with Gasteiger partial charge in [-0.3, -0.25) is 9.59 Å². The van der Waals surface area contributed by atoms with Crippen LogP contribution in [0.5, 0.6) is 0 Å². The minimum absolute atomic E-state index is 0.0164. The zero-order valence-electron chi connectivity index (χ0n) is 19.2. The van der Waals surface area contributed by atoms with Gasteiger partial charge in [0.2, 0.25) is 11.8 Å². The first-order valence-electron chi connectivity index (χ1n) is 11.4. The Bertz CT molecular complexity index is 1050. The second kappa shape index (κ2) is 9.36. The van der Waals surface area contributed by atoms with Gasteiger partial charge in [-0.2, -0.15) is 5.10 Å². The lowest BCUT2D eigenvalue weighted by Crippen LogP contribution is -2.54. The number of nitrogens with one attached hydrogen (secondary N) is 1. The molecular formula is C23H29F3N6O2. The van der Waals surface area contributed by atoms with Gasteiger partial charge in [0.25, 0.3) is 0 Å². The molecule has 0 unspecified atom stereocenters. The molecule has 2 aliphatic rings. The number of rotatable bonds is 7. The number of aromatic nitrogens is 3. The van der Waals surface area contributed by atoms with Crippen LogP contribution in [0.1, 0.15) is 45.1 Å². The van der Waals surface area contributed by atoms with Gasteiger partial charge in [-0.25, -0.2) is 22.8 Å². The molecule has 8 nitrogen and oxygen atoms in total. The monoisotopic (exact) mass is 478 g/mol. The van der Waals surface area contributed by atoms with Crippen LogP contribution < -0.4 is 11.1 Å². The van der Waals surface area contributed by atoms with E-state index < -0.39 is 29.0 Å². The number of fused-ring (bicyclic) bond motifs is 2. The van der Waals surface area contributed by atoms with Gasteiger partial charge < -0.3 is 16.0 Å². The number of amides is 2. The minimum Gasteiger partial charge on any atom is -0.345 e. The maximum absolute atomic E-state index is 14.1. The summed E-state index contributed by atoms with van der Waals surface area (Å²) in [6.45, 7) is 3.25. The van der Waals surface area contributed by atoms with Gasteiger partial charge in [-0.15, -0.1) is 0 Å². The Morgan fingerprint density at radius 3 is 2.41 bits per heavy atom. The fourth-order valence-electron chi connectivity index (χ4n) is 5.18. The van der Waals surface area contributed by atoms with Gasteiger partial charge in [0.05, 0.1) is 6.54 Å². The molecule has 2 fully saturated rings. The predicted molar refractivity (Wildman–Crippen MR) is 117 cm³/mol. The van der Waals surface area contributed by atoms with Crippen molar-refractivity contribution in [3.63, 3.8) is 0 Å². The number of nitrogens with two attached hydrogens (primary N) is 1. The van der Waals surface area contributed by atoms with Gasteiger partial charge in [0.1, 0.15) is 24.0 Å². The molecule has 184 valence electrons. The Hall–Kier alpha value is -2.95. The SMILES string of the molecule is CC(C)(C(=O)NCC(=O)N1[C@@H]2CC[C@@H]1CC([C@H](N)Cc1cc(F)c(F)cc1F)C2)n1cncn1. The molecule has 2 bridgehead atoms. The Morgan fingerprint density at radius 1 is 1.15 bits per heavy atom. The average Bonchev–Trinajstić information content (AvgIpc) is 3.42. The van der Waals surface area contributed by atoms with Crippen molar-refractivity contribution in [3.8, 4) is 0 Å². The van der Waals surface area contributed by atoms with E-state index in [1.807, 2.05) is 4.90 Å². The Balaban J connectivity index is 1.34. The van der Waals surface area contributed by atoms with Crippen molar-refractivity contribution in [2.24, 2.45) is 11.7 Å². The van der Waals surface area contributed by atoms with Crippen molar-refractivity contribution in [1.82, 2.24) is 25.0 Å². The number of carbonyl (C=O) groups excluding carboxylic acids is 2. The topological polar surface area (TPSA) is 106 Å². The van der Waals surface area contributed by atoms with Gasteiger partial charge >= 0.3 is 0 Å². The molecule has 3 heterocycles. The van der Waals surface area contributed by atoms with Crippen LogP contribution in [0.3, 0.4) is 0 Å². The second-order valence-corrected chi connectivity index (χ2v) is 9.72. The molecule has 2 aromatic rings. The third-order valence-corrected chi connectivity index (χ3v) is 7.16. The lowest BCUT2D eigenvalue weighted by molar-refractivity contribution is -0.139. The van der Waals surface area contributed by atoms with Crippen LogP contribution in [0.25, 0.3) is 0 Å². The molecule has 0 aliphatic carbocycles. The third-order valence-electron chi connectivity index (χ3n) is 7.16. The minimum atomic E-state index is -1.23. The molecule has 1 aromatic heterocycles. The van der Waals surface area contributed by atoms with Gasteiger partial charge in [0, 0.05) is 24.2 Å². The summed E-state index contributed by atoms with van der Waals surface area (Å²) in [5.74, 6) is -3.61. The van der Waals surface area contributed by atoms with Crippen LogP contribution in [-0.4, -0.2) is 56.1 Å². The van der Waals surface area contributed by atoms with E-state index in [0.29, 0.717) is 18.9 Å². The van der Waals surface area contributed by atoms with E-state index in [4.69, 9.17) is 5.73 Å². The first kappa shape index (κ1) is 24.2. The highest BCUT2D eigenvalue weighted by molar-refractivity contribution is 5.88. The van der Waals surface area contributed by atoms with Crippen LogP contribution in [-0.2, 0) is 21.5 Å². The van der Waals surface area contributed by atoms with E-state index in [1.165, 1.54) is 17.3 Å². The zero-order chi connectivity index (χ0) is 24.6. The maximum atomic E-state index is 14.1. The number of halogens is 3. The molecule has 34 heavy (non-hydrogen) atoms. The zero-order valence-corrected chi connectivity index (χ0v) is 19.2. The second-order valence-electron chi connectivity index (χ2n) is 9.72. The Labute approximate surface area is 195 Å². The summed E-state index contributed by atoms with van der Waals surface area (Å²) in [4.78, 5) is 31.3. The summed E-state index contributed by atoms with van der Waals surface area (Å²) < 4.78 is 42.2. The van der Waals surface area contributed by atoms with Crippen molar-refractivity contribution < 1.29 is 22.8 Å². The summed E-state index contributed by atoms with van der Waals surface area (Å²) in [5.41, 5.74) is 5.40. The van der Waals surface area contributed by atoms with Crippen molar-refractivity contribution >= 4 is 11.8 Å². The summed E-state index contributed by atoms with van der Waals surface area (Å²) >= 11 is 0. The molecule has 1 aromatic carbocycles. The quantitative estimate of drug-likeness (QED) is 0.592. The number of nitrogens with zero attached hydrogens (tertiary/aromatic N) is 4. The molecule has 0 spiro atoms. The van der Waals surface area contributed by atoms with Crippen molar-refractivity contribution in [2.75, 3.05) is 6.54 Å². The highest BCUT2D eigenvalue weighted by Gasteiger charge is 2.44. The Kier molecular flexibility index (Phi) is 6.66. The van der Waals surface area contributed by atoms with E-state index >= 15 is 0 Å². The van der Waals surface area contributed by atoms with Gasteiger partial charge in [-0.05, 0) is 63.5 Å². The molecule has 2 aliphatic heterocycles. The van der Waals surface area contributed by atoms with Crippen LogP contribution in [0.2, 0.25) is 0 Å². The van der Waals surface area contributed by atoms with Gasteiger partial charge in [0.15, 0.2) is 11.6 Å². The largest absolute Gasteiger partial charge is 0.345 e. The fourth-order valence-corrected chi connectivity index (χ4v) is 5.18. The van der Waals surface area contributed by atoms with E-state index in [2.05, 4.69) is 15.4 Å². The van der Waals surface area contributed by atoms with Crippen LogP contribution >= 0.6 is 0 Å². The molecule has 4 rings (SSSR count). The van der Waals surface area contributed by atoms with Crippen LogP contribution in [0.15, 0.2) is 24.8 Å². The summed E-state index contributed by atoms with van der Waals surface area (Å²) in [5, 5.41) is 6.71. The van der Waals surface area contributed by atoms with Crippen molar-refractivity contribution in [3.05, 3.63) is 47.8 Å². The molecule has 0 saturated carbocycles. The van der Waals surface area contributed by atoms with Crippen LogP contribution in [0.4, 0.5) is 13.2 Å². The van der Waals surface area contributed by atoms with Gasteiger partial charge in [-0.1, -0.05) is 0 Å². The molecule has 2 amide bonds. The molecule has 0 radical (unpaired) electrons. The van der Waals surface area contributed by atoms with Crippen molar-refractivity contribution in [1.29, 1.82) is 0 Å². The lowest BCUT2D eigenvalue weighted by Gasteiger charge is -2.41. The predicted octanol–water partition coefficient (Wildman–Crippen LogP) is 1.89. The maximum Gasteiger partial charge on any atom is 0.247 e. The number of benzene rings is 1. The summed E-state index contributed by atoms with van der Waals surface area (Å²) in [6.07, 6.45) is 5.83. The normalized spacial score (nSPS) is 23.1. The van der Waals surface area contributed by atoms with E-state index in [0.717, 1.165) is 18.9 Å². The van der Waals surface area contributed by atoms with E-state index in [1.54, 1.807) is 13.8 Å². The first-order chi connectivity index (χ1) is 16.1. The highest BCUT2D eigenvalue weighted by Crippen LogP contribution is 2.40. The average molecular weight is 479 g/mol. The molecule has 2 saturated heterocycles.